The monoisotopic (exact) mass is 382 g/mol. The van der Waals surface area contributed by atoms with Gasteiger partial charge in [0, 0.05) is 16.5 Å². The summed E-state index contributed by atoms with van der Waals surface area (Å²) >= 11 is 13.5. The quantitative estimate of drug-likeness (QED) is 0.729. The van der Waals surface area contributed by atoms with Gasteiger partial charge in [-0.2, -0.15) is 0 Å². The molecule has 1 amide bonds. The van der Waals surface area contributed by atoms with E-state index >= 15 is 0 Å². The number of benzene rings is 1. The second-order valence-corrected chi connectivity index (χ2v) is 7.50. The highest BCUT2D eigenvalue weighted by atomic mass is 35.5. The van der Waals surface area contributed by atoms with Crippen LogP contribution in [0.15, 0.2) is 23.1 Å². The van der Waals surface area contributed by atoms with Crippen LogP contribution >= 0.6 is 47.4 Å². The van der Waals surface area contributed by atoms with Crippen molar-refractivity contribution >= 4 is 53.3 Å². The second-order valence-electron chi connectivity index (χ2n) is 5.27. The Kier molecular flexibility index (Phi) is 8.95. The Hall–Kier alpha value is -0.130. The van der Waals surface area contributed by atoms with Crippen LogP contribution in [-0.4, -0.2) is 30.8 Å². The zero-order valence-electron chi connectivity index (χ0n) is 12.4. The van der Waals surface area contributed by atoms with E-state index < -0.39 is 0 Å². The van der Waals surface area contributed by atoms with Crippen molar-refractivity contribution in [3.63, 3.8) is 0 Å². The van der Waals surface area contributed by atoms with Gasteiger partial charge >= 0.3 is 0 Å². The summed E-state index contributed by atoms with van der Waals surface area (Å²) in [4.78, 5) is 12.9. The Morgan fingerprint density at radius 2 is 2.27 bits per heavy atom. The minimum atomic E-state index is -0.192. The summed E-state index contributed by atoms with van der Waals surface area (Å²) in [5, 5.41) is 7.40. The van der Waals surface area contributed by atoms with Crippen molar-refractivity contribution in [3.05, 3.63) is 28.2 Å². The third-order valence-electron chi connectivity index (χ3n) is 3.58. The van der Waals surface area contributed by atoms with Crippen molar-refractivity contribution in [2.24, 2.45) is 5.92 Å². The fourth-order valence-electron chi connectivity index (χ4n) is 2.32. The maximum atomic E-state index is 12.1. The molecule has 1 aliphatic heterocycles. The van der Waals surface area contributed by atoms with Crippen LogP contribution in [0.5, 0.6) is 0 Å². The molecule has 3 nitrogen and oxygen atoms in total. The number of hydrogen-bond donors (Lipinski definition) is 2. The number of hydrogen-bond acceptors (Lipinski definition) is 3. The van der Waals surface area contributed by atoms with Crippen molar-refractivity contribution in [1.29, 1.82) is 0 Å². The molecule has 0 bridgehead atoms. The zero-order chi connectivity index (χ0) is 15.2. The minimum Gasteiger partial charge on any atom is -0.355 e. The molecule has 1 aliphatic rings. The Labute approximate surface area is 152 Å². The molecule has 2 N–H and O–H groups in total. The third kappa shape index (κ3) is 6.17. The van der Waals surface area contributed by atoms with E-state index in [-0.39, 0.29) is 23.6 Å². The highest BCUT2D eigenvalue weighted by molar-refractivity contribution is 8.00. The molecule has 2 rings (SSSR count). The average Bonchev–Trinajstić information content (AvgIpc) is 2.96. The van der Waals surface area contributed by atoms with Gasteiger partial charge in [-0.3, -0.25) is 4.79 Å². The number of carbonyl (C=O) groups is 1. The average molecular weight is 384 g/mol. The Balaban J connectivity index is 0.00000242. The summed E-state index contributed by atoms with van der Waals surface area (Å²) < 4.78 is 0. The molecule has 2 unspecified atom stereocenters. The smallest absolute Gasteiger partial charge is 0.233 e. The van der Waals surface area contributed by atoms with E-state index in [1.165, 1.54) is 18.2 Å². The van der Waals surface area contributed by atoms with Crippen LogP contribution in [0.2, 0.25) is 10.0 Å². The van der Waals surface area contributed by atoms with Gasteiger partial charge in [0.05, 0.1) is 10.3 Å². The molecule has 124 valence electrons. The molecule has 7 heteroatoms. The molecule has 22 heavy (non-hydrogen) atoms. The van der Waals surface area contributed by atoms with E-state index in [4.69, 9.17) is 23.2 Å². The number of carbonyl (C=O) groups excluding carboxylic acids is 1. The first-order valence-corrected chi connectivity index (χ1v) is 8.80. The number of rotatable bonds is 6. The summed E-state index contributed by atoms with van der Waals surface area (Å²) in [5.74, 6) is 0.734. The maximum Gasteiger partial charge on any atom is 0.233 e. The fourth-order valence-corrected chi connectivity index (χ4v) is 3.75. The first-order chi connectivity index (χ1) is 10.1. The summed E-state index contributed by atoms with van der Waals surface area (Å²) in [7, 11) is 0. The van der Waals surface area contributed by atoms with Crippen molar-refractivity contribution in [3.8, 4) is 0 Å². The van der Waals surface area contributed by atoms with Crippen LogP contribution in [0, 0.1) is 5.92 Å². The van der Waals surface area contributed by atoms with E-state index in [1.54, 1.807) is 18.2 Å². The SMILES string of the molecule is CC(Sc1cc(Cl)ccc1Cl)C(=O)NCCC1CCNC1.Cl. The molecule has 0 saturated carbocycles. The summed E-state index contributed by atoms with van der Waals surface area (Å²) in [6.07, 6.45) is 2.24. The fraction of sp³-hybridized carbons (Fsp3) is 0.533. The molecule has 0 aromatic heterocycles. The number of nitrogens with one attached hydrogen (secondary N) is 2. The van der Waals surface area contributed by atoms with E-state index in [9.17, 15) is 4.79 Å². The van der Waals surface area contributed by atoms with Crippen LogP contribution in [0.25, 0.3) is 0 Å². The molecule has 0 aliphatic carbocycles. The predicted octanol–water partition coefficient (Wildman–Crippen LogP) is 4.01. The third-order valence-corrected chi connectivity index (χ3v) is 5.42. The molecule has 1 fully saturated rings. The van der Waals surface area contributed by atoms with Gasteiger partial charge < -0.3 is 10.6 Å². The van der Waals surface area contributed by atoms with Crippen LogP contribution in [0.4, 0.5) is 0 Å². The first-order valence-electron chi connectivity index (χ1n) is 7.16. The van der Waals surface area contributed by atoms with Crippen LogP contribution in [-0.2, 0) is 4.79 Å². The van der Waals surface area contributed by atoms with Crippen molar-refractivity contribution in [2.45, 2.75) is 29.9 Å². The number of halogens is 3. The lowest BCUT2D eigenvalue weighted by atomic mass is 10.1. The predicted molar refractivity (Wildman–Crippen MR) is 97.6 cm³/mol. The second kappa shape index (κ2) is 9.89. The van der Waals surface area contributed by atoms with Gasteiger partial charge in [0.25, 0.3) is 0 Å². The lowest BCUT2D eigenvalue weighted by molar-refractivity contribution is -0.120. The molecule has 1 aromatic rings. The lowest BCUT2D eigenvalue weighted by Crippen LogP contribution is -2.32. The molecule has 0 radical (unpaired) electrons. The van der Waals surface area contributed by atoms with E-state index in [2.05, 4.69) is 10.6 Å². The van der Waals surface area contributed by atoms with Crippen molar-refractivity contribution in [1.82, 2.24) is 10.6 Å². The Morgan fingerprint density at radius 1 is 1.50 bits per heavy atom. The van der Waals surface area contributed by atoms with Crippen LogP contribution in [0.3, 0.4) is 0 Å². The Morgan fingerprint density at radius 3 is 2.95 bits per heavy atom. The van der Waals surface area contributed by atoms with Crippen molar-refractivity contribution in [2.75, 3.05) is 19.6 Å². The lowest BCUT2D eigenvalue weighted by Gasteiger charge is -2.14. The van der Waals surface area contributed by atoms with Crippen LogP contribution in [0.1, 0.15) is 19.8 Å². The van der Waals surface area contributed by atoms with E-state index in [0.29, 0.717) is 16.0 Å². The standard InChI is InChI=1S/C15H20Cl2N2OS.ClH/c1-10(21-14-8-12(16)2-3-13(14)17)15(20)19-7-5-11-4-6-18-9-11;/h2-3,8,10-11,18H,4-7,9H2,1H3,(H,19,20);1H. The largest absolute Gasteiger partial charge is 0.355 e. The van der Waals surface area contributed by atoms with E-state index in [1.807, 2.05) is 6.92 Å². The first kappa shape index (κ1) is 19.9. The van der Waals surface area contributed by atoms with Gasteiger partial charge in [0.1, 0.15) is 0 Å². The van der Waals surface area contributed by atoms with Gasteiger partial charge in [-0.15, -0.1) is 24.2 Å². The summed E-state index contributed by atoms with van der Waals surface area (Å²) in [6.45, 7) is 4.78. The molecular weight excluding hydrogens is 363 g/mol. The van der Waals surface area contributed by atoms with Gasteiger partial charge in [0.15, 0.2) is 0 Å². The molecule has 2 atom stereocenters. The normalized spacial score (nSPS) is 18.6. The molecule has 1 aromatic carbocycles. The van der Waals surface area contributed by atoms with Gasteiger partial charge in [-0.05, 0) is 57.0 Å². The van der Waals surface area contributed by atoms with Gasteiger partial charge in [0.2, 0.25) is 5.91 Å². The maximum absolute atomic E-state index is 12.1. The zero-order valence-corrected chi connectivity index (χ0v) is 15.5. The topological polar surface area (TPSA) is 41.1 Å². The van der Waals surface area contributed by atoms with E-state index in [0.717, 1.165) is 31.0 Å². The van der Waals surface area contributed by atoms with Crippen LogP contribution < -0.4 is 10.6 Å². The molecule has 1 saturated heterocycles. The summed E-state index contributed by atoms with van der Waals surface area (Å²) in [6, 6.07) is 5.29. The number of thioether (sulfide) groups is 1. The molecular formula is C15H21Cl3N2OS. The summed E-state index contributed by atoms with van der Waals surface area (Å²) in [5.41, 5.74) is 0. The highest BCUT2D eigenvalue weighted by Gasteiger charge is 2.18. The molecule has 0 spiro atoms. The molecule has 1 heterocycles. The minimum absolute atomic E-state index is 0. The highest BCUT2D eigenvalue weighted by Crippen LogP contribution is 2.32. The van der Waals surface area contributed by atoms with Gasteiger partial charge in [-0.25, -0.2) is 0 Å². The van der Waals surface area contributed by atoms with Crippen molar-refractivity contribution < 1.29 is 4.79 Å². The van der Waals surface area contributed by atoms with Gasteiger partial charge in [-0.1, -0.05) is 23.2 Å². The number of amides is 1. The Bertz CT molecular complexity index is 496.